The zero-order chi connectivity index (χ0) is 25.3. The van der Waals surface area contributed by atoms with Gasteiger partial charge in [0.1, 0.15) is 18.0 Å². The molecular formula is C25H23Cl2N5O3. The summed E-state index contributed by atoms with van der Waals surface area (Å²) in [5.41, 5.74) is 3.48. The number of aryl methyl sites for hydroxylation is 2. The fraction of sp³-hybridized carbons (Fsp3) is 0.280. The van der Waals surface area contributed by atoms with E-state index in [4.69, 9.17) is 39.2 Å². The van der Waals surface area contributed by atoms with Crippen molar-refractivity contribution in [3.63, 3.8) is 0 Å². The Balaban J connectivity index is 1.93. The van der Waals surface area contributed by atoms with Gasteiger partial charge in [-0.2, -0.15) is 5.10 Å². The monoisotopic (exact) mass is 511 g/mol. The Labute approximate surface area is 212 Å². The van der Waals surface area contributed by atoms with Crippen molar-refractivity contribution in [3.8, 4) is 33.9 Å². The summed E-state index contributed by atoms with van der Waals surface area (Å²) in [5, 5.41) is 5.68. The minimum Gasteiger partial charge on any atom is -0.495 e. The zero-order valence-corrected chi connectivity index (χ0v) is 21.2. The van der Waals surface area contributed by atoms with Crippen LogP contribution in [0, 0.1) is 13.5 Å². The fourth-order valence-electron chi connectivity index (χ4n) is 4.07. The molecule has 0 aliphatic heterocycles. The van der Waals surface area contributed by atoms with Crippen LogP contribution in [0.25, 0.3) is 38.1 Å². The van der Waals surface area contributed by atoms with Gasteiger partial charge in [0.25, 0.3) is 5.56 Å². The third-order valence-electron chi connectivity index (χ3n) is 5.80. The predicted molar refractivity (Wildman–Crippen MR) is 138 cm³/mol. The molecule has 0 unspecified atom stereocenters. The Hall–Kier alpha value is -3.54. The van der Waals surface area contributed by atoms with Gasteiger partial charge in [-0.05, 0) is 26.0 Å². The van der Waals surface area contributed by atoms with Crippen LogP contribution in [0.5, 0.6) is 11.5 Å². The standard InChI is InChI=1S/C25H23Cl2N5O3/c1-6-32-19-10-18(17-13-31(8-7-28-3)30-14(17)2)29-12-15(19)9-16(25(32)33)22-23(26)20(34-4)11-21(35-5)24(22)27/h9-13H,6-8H2,1-2,4-5H3. The summed E-state index contributed by atoms with van der Waals surface area (Å²) in [6.45, 7) is 12.1. The van der Waals surface area contributed by atoms with Gasteiger partial charge in [0.15, 0.2) is 0 Å². The smallest absolute Gasteiger partial charge is 0.259 e. The Morgan fingerprint density at radius 2 is 1.77 bits per heavy atom. The quantitative estimate of drug-likeness (QED) is 0.306. The summed E-state index contributed by atoms with van der Waals surface area (Å²) in [6.07, 6.45) is 3.59. The zero-order valence-electron chi connectivity index (χ0n) is 19.7. The van der Waals surface area contributed by atoms with Crippen LogP contribution in [-0.2, 0) is 13.1 Å². The lowest BCUT2D eigenvalue weighted by Crippen LogP contribution is -2.21. The van der Waals surface area contributed by atoms with E-state index in [2.05, 4.69) is 14.9 Å². The van der Waals surface area contributed by atoms with Crippen molar-refractivity contribution >= 4 is 34.1 Å². The molecule has 0 N–H and O–H groups in total. The number of pyridine rings is 2. The molecule has 4 rings (SSSR count). The first-order chi connectivity index (χ1) is 16.8. The number of benzene rings is 1. The number of nitrogens with zero attached hydrogens (tertiary/aromatic N) is 5. The lowest BCUT2D eigenvalue weighted by atomic mass is 10.0. The molecule has 4 aromatic rings. The Morgan fingerprint density at radius 1 is 1.09 bits per heavy atom. The van der Waals surface area contributed by atoms with Crippen molar-refractivity contribution in [2.45, 2.75) is 26.9 Å². The molecule has 0 aliphatic rings. The van der Waals surface area contributed by atoms with Crippen molar-refractivity contribution in [2.75, 3.05) is 20.8 Å². The van der Waals surface area contributed by atoms with Crippen LogP contribution >= 0.6 is 23.2 Å². The number of halogens is 2. The maximum Gasteiger partial charge on any atom is 0.259 e. The Kier molecular flexibility index (Phi) is 7.01. The number of hydrogen-bond acceptors (Lipinski definition) is 5. The van der Waals surface area contributed by atoms with Gasteiger partial charge in [0.05, 0.1) is 46.7 Å². The van der Waals surface area contributed by atoms with E-state index in [-0.39, 0.29) is 15.6 Å². The number of fused-ring (bicyclic) bond motifs is 1. The number of aromatic nitrogens is 4. The molecule has 0 amide bonds. The van der Waals surface area contributed by atoms with Gasteiger partial charge in [-0.15, -0.1) is 0 Å². The largest absolute Gasteiger partial charge is 0.495 e. The molecule has 180 valence electrons. The van der Waals surface area contributed by atoms with Gasteiger partial charge in [-0.25, -0.2) is 6.57 Å². The first-order valence-electron chi connectivity index (χ1n) is 10.9. The molecule has 0 radical (unpaired) electrons. The molecular weight excluding hydrogens is 489 g/mol. The highest BCUT2D eigenvalue weighted by Gasteiger charge is 2.23. The third kappa shape index (κ3) is 4.33. The average Bonchev–Trinajstić information content (AvgIpc) is 3.23. The van der Waals surface area contributed by atoms with Gasteiger partial charge < -0.3 is 18.9 Å². The number of rotatable bonds is 7. The van der Waals surface area contributed by atoms with Crippen LogP contribution < -0.4 is 15.0 Å². The van der Waals surface area contributed by atoms with Crippen LogP contribution in [0.4, 0.5) is 0 Å². The normalized spacial score (nSPS) is 11.0. The molecule has 0 atom stereocenters. The molecule has 8 nitrogen and oxygen atoms in total. The van der Waals surface area contributed by atoms with Gasteiger partial charge >= 0.3 is 0 Å². The predicted octanol–water partition coefficient (Wildman–Crippen LogP) is 5.50. The first-order valence-corrected chi connectivity index (χ1v) is 11.6. The van der Waals surface area contributed by atoms with E-state index >= 15 is 0 Å². The van der Waals surface area contributed by atoms with Gasteiger partial charge in [0, 0.05) is 41.5 Å². The van der Waals surface area contributed by atoms with Gasteiger partial charge in [-0.3, -0.25) is 14.5 Å². The lowest BCUT2D eigenvalue weighted by Gasteiger charge is -2.17. The average molecular weight is 512 g/mol. The van der Waals surface area contributed by atoms with Gasteiger partial charge in [-0.1, -0.05) is 23.2 Å². The Bertz CT molecular complexity index is 1510. The number of methoxy groups -OCH3 is 2. The topological polar surface area (TPSA) is 75.5 Å². The number of ether oxygens (including phenoxy) is 2. The third-order valence-corrected chi connectivity index (χ3v) is 6.55. The molecule has 10 heteroatoms. The van der Waals surface area contributed by atoms with Crippen LogP contribution in [-0.4, -0.2) is 40.1 Å². The second-order valence-corrected chi connectivity index (χ2v) is 8.55. The maximum atomic E-state index is 13.7. The summed E-state index contributed by atoms with van der Waals surface area (Å²) in [4.78, 5) is 21.7. The highest BCUT2D eigenvalue weighted by atomic mass is 35.5. The van der Waals surface area contributed by atoms with E-state index in [0.29, 0.717) is 48.0 Å². The van der Waals surface area contributed by atoms with Crippen molar-refractivity contribution < 1.29 is 9.47 Å². The molecule has 3 heterocycles. The summed E-state index contributed by atoms with van der Waals surface area (Å²) >= 11 is 13.2. The minimum absolute atomic E-state index is 0.226. The highest BCUT2D eigenvalue weighted by Crippen LogP contribution is 2.45. The molecule has 0 aliphatic carbocycles. The number of hydrogen-bond donors (Lipinski definition) is 0. The Morgan fingerprint density at radius 3 is 2.37 bits per heavy atom. The second-order valence-electron chi connectivity index (χ2n) is 7.79. The molecule has 0 fully saturated rings. The van der Waals surface area contributed by atoms with Crippen molar-refractivity contribution in [3.05, 3.63) is 68.1 Å². The van der Waals surface area contributed by atoms with Crippen LogP contribution in [0.2, 0.25) is 10.0 Å². The summed E-state index contributed by atoms with van der Waals surface area (Å²) in [7, 11) is 2.97. The first kappa shape index (κ1) is 24.6. The summed E-state index contributed by atoms with van der Waals surface area (Å²) in [5.74, 6) is 0.703. The van der Waals surface area contributed by atoms with Crippen molar-refractivity contribution in [1.29, 1.82) is 0 Å². The van der Waals surface area contributed by atoms with Crippen LogP contribution in [0.3, 0.4) is 0 Å². The summed E-state index contributed by atoms with van der Waals surface area (Å²) < 4.78 is 14.2. The van der Waals surface area contributed by atoms with E-state index < -0.39 is 0 Å². The fourth-order valence-corrected chi connectivity index (χ4v) is 4.78. The maximum absolute atomic E-state index is 13.7. The van der Waals surface area contributed by atoms with Crippen molar-refractivity contribution in [2.24, 2.45) is 0 Å². The van der Waals surface area contributed by atoms with E-state index in [9.17, 15) is 4.79 Å². The molecule has 0 bridgehead atoms. The van der Waals surface area contributed by atoms with E-state index in [1.165, 1.54) is 14.2 Å². The SMILES string of the molecule is [C-]#[N+]CCn1cc(-c2cc3c(cn2)cc(-c2c(Cl)c(OC)cc(OC)c2Cl)c(=O)n3CC)c(C)n1. The molecule has 3 aromatic heterocycles. The molecule has 0 spiro atoms. The lowest BCUT2D eigenvalue weighted by molar-refractivity contribution is 0.395. The van der Waals surface area contributed by atoms with Gasteiger partial charge in [0.2, 0.25) is 6.54 Å². The van der Waals surface area contributed by atoms with Crippen molar-refractivity contribution in [1.82, 2.24) is 19.3 Å². The highest BCUT2D eigenvalue weighted by molar-refractivity contribution is 6.41. The van der Waals surface area contributed by atoms with E-state index in [1.54, 1.807) is 27.6 Å². The van der Waals surface area contributed by atoms with E-state index in [1.807, 2.05) is 26.1 Å². The second kappa shape index (κ2) is 9.98. The minimum atomic E-state index is -0.249. The molecule has 0 saturated carbocycles. The molecule has 1 aromatic carbocycles. The van der Waals surface area contributed by atoms with Crippen LogP contribution in [0.1, 0.15) is 12.6 Å². The van der Waals surface area contributed by atoms with Crippen LogP contribution in [0.15, 0.2) is 35.4 Å². The van der Waals surface area contributed by atoms with E-state index in [0.717, 1.165) is 22.2 Å². The molecule has 0 saturated heterocycles. The summed E-state index contributed by atoms with van der Waals surface area (Å²) in [6, 6.07) is 5.20. The molecule has 35 heavy (non-hydrogen) atoms.